The summed E-state index contributed by atoms with van der Waals surface area (Å²) in [4.78, 5) is 24.1. The lowest BCUT2D eigenvalue weighted by Crippen LogP contribution is -2.53. The standard InChI is InChI=1S/C21H29N3O4/c1-21(2,3)28-20(27)24-12-17(25)18(23)19(26)16(22)11-13-8-9-14-6-4-5-7-15(14)10-13/h4-10,16-18,25H,11-12,22-23H2,1-3H3,(H,24,27)/t16-,17?,18?/m1/s1. The van der Waals surface area contributed by atoms with Crippen molar-refractivity contribution >= 4 is 22.6 Å². The quantitative estimate of drug-likeness (QED) is 0.570. The van der Waals surface area contributed by atoms with Crippen molar-refractivity contribution < 1.29 is 19.4 Å². The number of nitrogens with two attached hydrogens (primary N) is 2. The van der Waals surface area contributed by atoms with Crippen molar-refractivity contribution in [3.05, 3.63) is 48.0 Å². The molecule has 2 rings (SSSR count). The van der Waals surface area contributed by atoms with E-state index >= 15 is 0 Å². The van der Waals surface area contributed by atoms with Gasteiger partial charge in [0.15, 0.2) is 5.78 Å². The number of carbonyl (C=O) groups excluding carboxylic acids is 2. The fourth-order valence-corrected chi connectivity index (χ4v) is 2.79. The third-order valence-corrected chi connectivity index (χ3v) is 4.23. The van der Waals surface area contributed by atoms with Gasteiger partial charge in [-0.25, -0.2) is 4.79 Å². The summed E-state index contributed by atoms with van der Waals surface area (Å²) in [7, 11) is 0. The lowest BCUT2D eigenvalue weighted by atomic mass is 9.95. The Balaban J connectivity index is 1.90. The van der Waals surface area contributed by atoms with Gasteiger partial charge in [0.05, 0.1) is 18.2 Å². The Labute approximate surface area is 165 Å². The lowest BCUT2D eigenvalue weighted by molar-refractivity contribution is -0.123. The van der Waals surface area contributed by atoms with Crippen molar-refractivity contribution in [1.82, 2.24) is 5.32 Å². The van der Waals surface area contributed by atoms with Crippen LogP contribution in [0.1, 0.15) is 26.3 Å². The monoisotopic (exact) mass is 387 g/mol. The fourth-order valence-electron chi connectivity index (χ4n) is 2.79. The first-order chi connectivity index (χ1) is 13.1. The van der Waals surface area contributed by atoms with Crippen LogP contribution in [0.15, 0.2) is 42.5 Å². The average Bonchev–Trinajstić information content (AvgIpc) is 2.63. The summed E-state index contributed by atoms with van der Waals surface area (Å²) in [6, 6.07) is 11.7. The van der Waals surface area contributed by atoms with Crippen LogP contribution in [0.5, 0.6) is 0 Å². The number of ketones is 1. The molecule has 0 saturated carbocycles. The number of fused-ring (bicyclic) bond motifs is 1. The van der Waals surface area contributed by atoms with Gasteiger partial charge in [0, 0.05) is 6.54 Å². The number of hydrogen-bond acceptors (Lipinski definition) is 6. The first-order valence-electron chi connectivity index (χ1n) is 9.24. The molecule has 0 spiro atoms. The molecule has 0 fully saturated rings. The fraction of sp³-hybridized carbons (Fsp3) is 0.429. The maximum atomic E-state index is 12.5. The van der Waals surface area contributed by atoms with Crippen LogP contribution < -0.4 is 16.8 Å². The van der Waals surface area contributed by atoms with E-state index in [2.05, 4.69) is 5.32 Å². The molecule has 6 N–H and O–H groups in total. The van der Waals surface area contributed by atoms with E-state index in [0.717, 1.165) is 16.3 Å². The number of aliphatic hydroxyl groups is 1. The molecule has 152 valence electrons. The van der Waals surface area contributed by atoms with E-state index in [1.807, 2.05) is 42.5 Å². The first-order valence-corrected chi connectivity index (χ1v) is 9.24. The predicted molar refractivity (Wildman–Crippen MR) is 109 cm³/mol. The van der Waals surface area contributed by atoms with Gasteiger partial charge >= 0.3 is 6.09 Å². The number of amides is 1. The molecule has 28 heavy (non-hydrogen) atoms. The molecule has 2 aromatic carbocycles. The second kappa shape index (κ2) is 9.14. The summed E-state index contributed by atoms with van der Waals surface area (Å²) in [6.07, 6.45) is -1.64. The maximum Gasteiger partial charge on any atom is 0.407 e. The second-order valence-corrected chi connectivity index (χ2v) is 7.87. The van der Waals surface area contributed by atoms with Crippen LogP contribution in [0, 0.1) is 0 Å². The number of alkyl carbamates (subject to hydrolysis) is 1. The normalized spacial score (nSPS) is 14.9. The summed E-state index contributed by atoms with van der Waals surface area (Å²) >= 11 is 0. The third-order valence-electron chi connectivity index (χ3n) is 4.23. The molecule has 0 bridgehead atoms. The van der Waals surface area contributed by atoms with Gasteiger partial charge in [0.1, 0.15) is 5.60 Å². The van der Waals surface area contributed by atoms with Gasteiger partial charge < -0.3 is 26.6 Å². The molecule has 7 nitrogen and oxygen atoms in total. The average molecular weight is 387 g/mol. The maximum absolute atomic E-state index is 12.5. The highest BCUT2D eigenvalue weighted by atomic mass is 16.6. The lowest BCUT2D eigenvalue weighted by Gasteiger charge is -2.23. The van der Waals surface area contributed by atoms with Crippen molar-refractivity contribution in [3.63, 3.8) is 0 Å². The number of nitrogens with one attached hydrogen (secondary N) is 1. The number of benzene rings is 2. The predicted octanol–water partition coefficient (Wildman–Crippen LogP) is 1.49. The van der Waals surface area contributed by atoms with Gasteiger partial charge in [-0.1, -0.05) is 42.5 Å². The number of aliphatic hydroxyl groups excluding tert-OH is 1. The van der Waals surface area contributed by atoms with Gasteiger partial charge in [0.25, 0.3) is 0 Å². The van der Waals surface area contributed by atoms with Gasteiger partial charge in [-0.05, 0) is 43.5 Å². The molecule has 0 aromatic heterocycles. The van der Waals surface area contributed by atoms with Crippen LogP contribution in [-0.2, 0) is 16.0 Å². The molecule has 7 heteroatoms. The highest BCUT2D eigenvalue weighted by Gasteiger charge is 2.28. The SMILES string of the molecule is CC(C)(C)OC(=O)NCC(O)C(N)C(=O)[C@H](N)Cc1ccc2ccccc2c1. The number of rotatable bonds is 7. The Morgan fingerprint density at radius 1 is 1.11 bits per heavy atom. The summed E-state index contributed by atoms with van der Waals surface area (Å²) in [5.74, 6) is -0.466. The zero-order chi connectivity index (χ0) is 20.9. The topological polar surface area (TPSA) is 128 Å². The Hall–Kier alpha value is -2.48. The minimum absolute atomic E-state index is 0.204. The molecule has 2 aromatic rings. The Morgan fingerprint density at radius 3 is 2.39 bits per heavy atom. The van der Waals surface area contributed by atoms with Crippen molar-refractivity contribution in [1.29, 1.82) is 0 Å². The minimum Gasteiger partial charge on any atom is -0.444 e. The van der Waals surface area contributed by atoms with E-state index in [1.54, 1.807) is 20.8 Å². The number of ether oxygens (including phenoxy) is 1. The molecular formula is C21H29N3O4. The zero-order valence-electron chi connectivity index (χ0n) is 16.5. The van der Waals surface area contributed by atoms with E-state index in [0.29, 0.717) is 6.42 Å². The van der Waals surface area contributed by atoms with E-state index < -0.39 is 35.7 Å². The molecule has 2 unspecified atom stereocenters. The number of Topliss-reactive ketones (excluding diaryl/α,β-unsaturated/α-hetero) is 1. The molecule has 0 aliphatic heterocycles. The molecule has 0 saturated heterocycles. The van der Waals surface area contributed by atoms with Crippen molar-refractivity contribution in [3.8, 4) is 0 Å². The number of hydrogen-bond donors (Lipinski definition) is 4. The molecule has 0 aliphatic rings. The van der Waals surface area contributed by atoms with Gasteiger partial charge in [0.2, 0.25) is 0 Å². The minimum atomic E-state index is -1.26. The largest absolute Gasteiger partial charge is 0.444 e. The van der Waals surface area contributed by atoms with Crippen LogP contribution >= 0.6 is 0 Å². The van der Waals surface area contributed by atoms with Gasteiger partial charge in [-0.2, -0.15) is 0 Å². The van der Waals surface area contributed by atoms with Crippen LogP contribution in [0.2, 0.25) is 0 Å². The third kappa shape index (κ3) is 6.30. The highest BCUT2D eigenvalue weighted by Crippen LogP contribution is 2.17. The van der Waals surface area contributed by atoms with Crippen molar-refractivity contribution in [2.24, 2.45) is 11.5 Å². The highest BCUT2D eigenvalue weighted by molar-refractivity contribution is 5.90. The smallest absolute Gasteiger partial charge is 0.407 e. The second-order valence-electron chi connectivity index (χ2n) is 7.87. The van der Waals surface area contributed by atoms with E-state index in [9.17, 15) is 14.7 Å². The number of carbonyl (C=O) groups is 2. The Kier molecular flexibility index (Phi) is 7.12. The van der Waals surface area contributed by atoms with E-state index in [-0.39, 0.29) is 6.54 Å². The van der Waals surface area contributed by atoms with E-state index in [4.69, 9.17) is 16.2 Å². The molecule has 3 atom stereocenters. The van der Waals surface area contributed by atoms with Crippen LogP contribution in [-0.4, -0.2) is 47.3 Å². The van der Waals surface area contributed by atoms with Crippen molar-refractivity contribution in [2.75, 3.05) is 6.54 Å². The first kappa shape index (κ1) is 21.8. The Morgan fingerprint density at radius 2 is 1.75 bits per heavy atom. The summed E-state index contributed by atoms with van der Waals surface area (Å²) in [6.45, 7) is 4.97. The molecule has 1 amide bonds. The summed E-state index contributed by atoms with van der Waals surface area (Å²) in [5, 5.41) is 14.7. The molecule has 0 aliphatic carbocycles. The van der Waals surface area contributed by atoms with Gasteiger partial charge in [-0.15, -0.1) is 0 Å². The summed E-state index contributed by atoms with van der Waals surface area (Å²) < 4.78 is 5.08. The van der Waals surface area contributed by atoms with Gasteiger partial charge in [-0.3, -0.25) is 4.79 Å². The molecule has 0 radical (unpaired) electrons. The zero-order valence-corrected chi connectivity index (χ0v) is 16.5. The molecule has 0 heterocycles. The van der Waals surface area contributed by atoms with E-state index in [1.165, 1.54) is 0 Å². The van der Waals surface area contributed by atoms with Crippen LogP contribution in [0.4, 0.5) is 4.79 Å². The van der Waals surface area contributed by atoms with Crippen LogP contribution in [0.3, 0.4) is 0 Å². The van der Waals surface area contributed by atoms with Crippen LogP contribution in [0.25, 0.3) is 10.8 Å². The molecular weight excluding hydrogens is 358 g/mol. The van der Waals surface area contributed by atoms with Crippen molar-refractivity contribution in [2.45, 2.75) is 51.0 Å². The Bertz CT molecular complexity index is 832. The summed E-state index contributed by atoms with van der Waals surface area (Å²) in [5.41, 5.74) is 12.1.